The third-order valence-electron chi connectivity index (χ3n) is 3.32. The first-order chi connectivity index (χ1) is 9.09. The van der Waals surface area contributed by atoms with E-state index in [-0.39, 0.29) is 36.0 Å². The highest BCUT2D eigenvalue weighted by atomic mass is 32.2. The van der Waals surface area contributed by atoms with Crippen LogP contribution in [-0.2, 0) is 14.6 Å². The predicted octanol–water partition coefficient (Wildman–Crippen LogP) is 1.61. The first kappa shape index (κ1) is 17.7. The van der Waals surface area contributed by atoms with E-state index in [0.29, 0.717) is 13.0 Å². The van der Waals surface area contributed by atoms with Crippen LogP contribution >= 0.6 is 0 Å². The summed E-state index contributed by atoms with van der Waals surface area (Å²) in [6.45, 7) is 2.97. The highest BCUT2D eigenvalue weighted by molar-refractivity contribution is 7.91. The topological polar surface area (TPSA) is 55.4 Å². The lowest BCUT2D eigenvalue weighted by Crippen LogP contribution is -2.36. The normalized spacial score (nSPS) is 24.2. The molecule has 0 radical (unpaired) electrons. The van der Waals surface area contributed by atoms with Crippen LogP contribution in [-0.4, -0.2) is 51.9 Å². The summed E-state index contributed by atoms with van der Waals surface area (Å²) in [6, 6.07) is 0.193. The fourth-order valence-electron chi connectivity index (χ4n) is 2.27. The van der Waals surface area contributed by atoms with Crippen molar-refractivity contribution in [2.45, 2.75) is 32.5 Å². The van der Waals surface area contributed by atoms with Crippen molar-refractivity contribution in [3.8, 4) is 0 Å². The van der Waals surface area contributed by atoms with E-state index in [2.05, 4.69) is 5.32 Å². The smallest absolute Gasteiger partial charge is 0.372 e. The lowest BCUT2D eigenvalue weighted by Gasteiger charge is -2.24. The Hall–Kier alpha value is -0.340. The number of rotatable bonds is 7. The molecule has 0 aromatic rings. The minimum Gasteiger partial charge on any atom is -0.372 e. The van der Waals surface area contributed by atoms with Crippen LogP contribution in [0.1, 0.15) is 20.3 Å². The molecule has 0 aliphatic carbocycles. The zero-order valence-corrected chi connectivity index (χ0v) is 12.6. The van der Waals surface area contributed by atoms with Crippen molar-refractivity contribution in [2.75, 3.05) is 31.3 Å². The molecule has 0 saturated carbocycles. The van der Waals surface area contributed by atoms with E-state index >= 15 is 0 Å². The van der Waals surface area contributed by atoms with Gasteiger partial charge in [0.05, 0.1) is 18.1 Å². The standard InChI is InChI=1S/C12H22F3NO3S/c1-9(2)16-5-11(6-19-8-12(13,14)15)10-3-4-20(17,18)7-10/h9-11,16H,3-8H2,1-2H3. The number of halogens is 3. The van der Waals surface area contributed by atoms with Gasteiger partial charge in [-0.05, 0) is 18.3 Å². The monoisotopic (exact) mass is 317 g/mol. The molecule has 1 heterocycles. The van der Waals surface area contributed by atoms with Crippen LogP contribution in [0.5, 0.6) is 0 Å². The number of nitrogens with one attached hydrogen (secondary N) is 1. The molecule has 1 N–H and O–H groups in total. The Labute approximate surface area is 118 Å². The van der Waals surface area contributed by atoms with Gasteiger partial charge in [-0.1, -0.05) is 13.8 Å². The molecular formula is C12H22F3NO3S. The predicted molar refractivity (Wildman–Crippen MR) is 70.3 cm³/mol. The molecule has 2 unspecified atom stereocenters. The molecule has 1 fully saturated rings. The molecule has 0 bridgehead atoms. The zero-order valence-electron chi connectivity index (χ0n) is 11.7. The van der Waals surface area contributed by atoms with Gasteiger partial charge in [0.25, 0.3) is 0 Å². The van der Waals surface area contributed by atoms with Gasteiger partial charge in [0, 0.05) is 12.6 Å². The van der Waals surface area contributed by atoms with Crippen molar-refractivity contribution < 1.29 is 26.3 Å². The highest BCUT2D eigenvalue weighted by Gasteiger charge is 2.35. The lowest BCUT2D eigenvalue weighted by molar-refractivity contribution is -0.177. The van der Waals surface area contributed by atoms with Crippen LogP contribution in [0.15, 0.2) is 0 Å². The van der Waals surface area contributed by atoms with Gasteiger partial charge in [0.2, 0.25) is 0 Å². The Morgan fingerprint density at radius 1 is 1.35 bits per heavy atom. The van der Waals surface area contributed by atoms with Gasteiger partial charge in [-0.15, -0.1) is 0 Å². The molecule has 1 aliphatic heterocycles. The molecule has 2 atom stereocenters. The Balaban J connectivity index is 2.52. The fourth-order valence-corrected chi connectivity index (χ4v) is 4.19. The van der Waals surface area contributed by atoms with Crippen molar-refractivity contribution in [3.05, 3.63) is 0 Å². The number of alkyl halides is 3. The third kappa shape index (κ3) is 6.90. The average Bonchev–Trinajstić information content (AvgIpc) is 2.62. The molecule has 0 spiro atoms. The second kappa shape index (κ2) is 7.09. The van der Waals surface area contributed by atoms with Crippen molar-refractivity contribution in [3.63, 3.8) is 0 Å². The first-order valence-corrected chi connectivity index (χ1v) is 8.49. The second-order valence-electron chi connectivity index (χ2n) is 5.62. The van der Waals surface area contributed by atoms with Crippen LogP contribution in [0, 0.1) is 11.8 Å². The molecular weight excluding hydrogens is 295 g/mol. The molecule has 0 aromatic heterocycles. The number of sulfone groups is 1. The van der Waals surface area contributed by atoms with Gasteiger partial charge >= 0.3 is 6.18 Å². The summed E-state index contributed by atoms with van der Waals surface area (Å²) in [5.41, 5.74) is 0. The van der Waals surface area contributed by atoms with E-state index < -0.39 is 22.6 Å². The van der Waals surface area contributed by atoms with Gasteiger partial charge in [0.1, 0.15) is 6.61 Å². The van der Waals surface area contributed by atoms with Crippen molar-refractivity contribution in [1.29, 1.82) is 0 Å². The summed E-state index contributed by atoms with van der Waals surface area (Å²) in [5, 5.41) is 3.14. The quantitative estimate of drug-likeness (QED) is 0.775. The number of hydrogen-bond acceptors (Lipinski definition) is 4. The van der Waals surface area contributed by atoms with Crippen LogP contribution in [0.25, 0.3) is 0 Å². The summed E-state index contributed by atoms with van der Waals surface area (Å²) in [7, 11) is -3.04. The molecule has 20 heavy (non-hydrogen) atoms. The van der Waals surface area contributed by atoms with Crippen LogP contribution in [0.4, 0.5) is 13.2 Å². The molecule has 120 valence electrons. The Morgan fingerprint density at radius 2 is 2.00 bits per heavy atom. The molecule has 0 amide bonds. The minimum atomic E-state index is -4.35. The van der Waals surface area contributed by atoms with Crippen molar-refractivity contribution in [1.82, 2.24) is 5.32 Å². The summed E-state index contributed by atoms with van der Waals surface area (Å²) in [4.78, 5) is 0. The van der Waals surface area contributed by atoms with E-state index in [9.17, 15) is 21.6 Å². The maximum absolute atomic E-state index is 12.1. The maximum atomic E-state index is 12.1. The maximum Gasteiger partial charge on any atom is 0.411 e. The minimum absolute atomic E-state index is 0.0484. The Morgan fingerprint density at radius 3 is 2.45 bits per heavy atom. The molecule has 0 aromatic carbocycles. The molecule has 8 heteroatoms. The Kier molecular flexibility index (Phi) is 6.27. The van der Waals surface area contributed by atoms with Gasteiger partial charge in [-0.3, -0.25) is 0 Å². The first-order valence-electron chi connectivity index (χ1n) is 6.67. The van der Waals surface area contributed by atoms with Gasteiger partial charge in [-0.25, -0.2) is 8.42 Å². The van der Waals surface area contributed by atoms with E-state index in [4.69, 9.17) is 4.74 Å². The Bertz CT molecular complexity index is 395. The summed E-state index contributed by atoms with van der Waals surface area (Å²) in [6.07, 6.45) is -3.85. The van der Waals surface area contributed by atoms with E-state index in [1.165, 1.54) is 0 Å². The summed E-state index contributed by atoms with van der Waals surface area (Å²) in [5.74, 6) is -0.168. The SMILES string of the molecule is CC(C)NCC(COCC(F)(F)F)C1CCS(=O)(=O)C1. The van der Waals surface area contributed by atoms with Crippen LogP contribution in [0.2, 0.25) is 0 Å². The third-order valence-corrected chi connectivity index (χ3v) is 5.11. The molecule has 1 aliphatic rings. The molecule has 4 nitrogen and oxygen atoms in total. The van der Waals surface area contributed by atoms with Crippen molar-refractivity contribution in [2.24, 2.45) is 11.8 Å². The lowest BCUT2D eigenvalue weighted by atomic mass is 9.92. The van der Waals surface area contributed by atoms with Gasteiger partial charge in [0.15, 0.2) is 9.84 Å². The van der Waals surface area contributed by atoms with Gasteiger partial charge < -0.3 is 10.1 Å². The molecule has 1 rings (SSSR count). The average molecular weight is 317 g/mol. The summed E-state index contributed by atoms with van der Waals surface area (Å²) >= 11 is 0. The highest BCUT2D eigenvalue weighted by Crippen LogP contribution is 2.27. The zero-order chi connectivity index (χ0) is 15.4. The van der Waals surface area contributed by atoms with E-state index in [1.54, 1.807) is 0 Å². The van der Waals surface area contributed by atoms with Crippen LogP contribution < -0.4 is 5.32 Å². The second-order valence-corrected chi connectivity index (χ2v) is 7.85. The fraction of sp³-hybridized carbons (Fsp3) is 1.00. The van der Waals surface area contributed by atoms with Crippen LogP contribution in [0.3, 0.4) is 0 Å². The summed E-state index contributed by atoms with van der Waals surface area (Å²) < 4.78 is 63.9. The number of ether oxygens (including phenoxy) is 1. The molecule has 1 saturated heterocycles. The van der Waals surface area contributed by atoms with Gasteiger partial charge in [-0.2, -0.15) is 13.2 Å². The largest absolute Gasteiger partial charge is 0.411 e. The van der Waals surface area contributed by atoms with E-state index in [1.807, 2.05) is 13.8 Å². The van der Waals surface area contributed by atoms with E-state index in [0.717, 1.165) is 0 Å². The van der Waals surface area contributed by atoms with Crippen molar-refractivity contribution >= 4 is 9.84 Å². The number of hydrogen-bond donors (Lipinski definition) is 1.